The number of carbonyl (C=O) groups excluding carboxylic acids is 4. The first-order chi connectivity index (χ1) is 16.7. The van der Waals surface area contributed by atoms with Gasteiger partial charge < -0.3 is 9.64 Å². The third-order valence-electron chi connectivity index (χ3n) is 6.51. The van der Waals surface area contributed by atoms with Gasteiger partial charge in [-0.15, -0.1) is 0 Å². The van der Waals surface area contributed by atoms with Crippen molar-refractivity contribution < 1.29 is 23.9 Å². The fourth-order valence-corrected chi connectivity index (χ4v) is 5.90. The van der Waals surface area contributed by atoms with E-state index < -0.39 is 36.2 Å². The van der Waals surface area contributed by atoms with Crippen molar-refractivity contribution in [2.24, 2.45) is 17.8 Å². The van der Waals surface area contributed by atoms with E-state index in [1.807, 2.05) is 56.3 Å². The molecule has 2 aliphatic heterocycles. The van der Waals surface area contributed by atoms with Gasteiger partial charge in [-0.3, -0.25) is 19.3 Å². The smallest absolute Gasteiger partial charge is 0.329 e. The second kappa shape index (κ2) is 10.1. The van der Waals surface area contributed by atoms with Crippen LogP contribution in [-0.2, 0) is 23.9 Å². The van der Waals surface area contributed by atoms with E-state index in [0.717, 1.165) is 15.5 Å². The molecule has 182 valence electrons. The van der Waals surface area contributed by atoms with Crippen molar-refractivity contribution in [1.29, 1.82) is 5.26 Å². The summed E-state index contributed by atoms with van der Waals surface area (Å²) < 4.78 is 5.32. The number of nitrogens with zero attached hydrogens (tertiary/aromatic N) is 3. The predicted molar refractivity (Wildman–Crippen MR) is 130 cm³/mol. The standard InChI is InChI=1S/C26H27N3O5S/c1-15(2)12-20(29-23(31)16-8-4-5-9-17(16)24(29)32)26(33)34-14-21(30)18(13-27)25-28(3)19-10-6-7-11-22(19)35-25/h4-7,10-11,15-17,20H,8-9,12,14H2,1-3H3/b25-18+. The van der Waals surface area contributed by atoms with E-state index in [9.17, 15) is 24.4 Å². The third-order valence-corrected chi connectivity index (χ3v) is 7.74. The van der Waals surface area contributed by atoms with Crippen molar-refractivity contribution in [1.82, 2.24) is 4.90 Å². The van der Waals surface area contributed by atoms with E-state index in [4.69, 9.17) is 4.74 Å². The summed E-state index contributed by atoms with van der Waals surface area (Å²) in [6.45, 7) is 3.12. The van der Waals surface area contributed by atoms with Gasteiger partial charge in [-0.2, -0.15) is 5.26 Å². The Bertz CT molecular complexity index is 1160. The number of carbonyl (C=O) groups is 4. The van der Waals surface area contributed by atoms with Gasteiger partial charge in [0, 0.05) is 11.9 Å². The summed E-state index contributed by atoms with van der Waals surface area (Å²) in [5.74, 6) is -3.07. The lowest BCUT2D eigenvalue weighted by Gasteiger charge is -2.26. The molecule has 0 spiro atoms. The van der Waals surface area contributed by atoms with Gasteiger partial charge in [0.05, 0.1) is 17.5 Å². The topological polar surface area (TPSA) is 108 Å². The van der Waals surface area contributed by atoms with Crippen LogP contribution in [0.2, 0.25) is 0 Å². The minimum absolute atomic E-state index is 0.00318. The van der Waals surface area contributed by atoms with Crippen LogP contribution in [0.15, 0.2) is 51.9 Å². The van der Waals surface area contributed by atoms with Crippen LogP contribution in [0.3, 0.4) is 0 Å². The Kier molecular flexibility index (Phi) is 7.13. The Hall–Kier alpha value is -3.38. The number of fused-ring (bicyclic) bond motifs is 2. The van der Waals surface area contributed by atoms with Gasteiger partial charge in [0.25, 0.3) is 0 Å². The fraction of sp³-hybridized carbons (Fsp3) is 0.423. The van der Waals surface area contributed by atoms with E-state index in [-0.39, 0.29) is 29.7 Å². The van der Waals surface area contributed by atoms with Crippen LogP contribution in [0.4, 0.5) is 5.69 Å². The van der Waals surface area contributed by atoms with Crippen LogP contribution in [0.25, 0.3) is 0 Å². The van der Waals surface area contributed by atoms with Gasteiger partial charge in [0.2, 0.25) is 17.6 Å². The van der Waals surface area contributed by atoms with Crippen LogP contribution < -0.4 is 4.90 Å². The summed E-state index contributed by atoms with van der Waals surface area (Å²) in [5.41, 5.74) is 0.774. The number of rotatable bonds is 7. The van der Waals surface area contributed by atoms with Crippen molar-refractivity contribution in [2.45, 2.75) is 44.0 Å². The minimum atomic E-state index is -1.10. The number of hydrogen-bond acceptors (Lipinski definition) is 8. The van der Waals surface area contributed by atoms with E-state index in [2.05, 4.69) is 0 Å². The Balaban J connectivity index is 1.49. The molecule has 9 heteroatoms. The molecule has 0 N–H and O–H groups in total. The van der Waals surface area contributed by atoms with Gasteiger partial charge >= 0.3 is 5.97 Å². The Morgan fingerprint density at radius 3 is 2.34 bits per heavy atom. The van der Waals surface area contributed by atoms with E-state index >= 15 is 0 Å². The molecule has 1 aromatic rings. The molecule has 3 aliphatic rings. The van der Waals surface area contributed by atoms with Crippen molar-refractivity contribution in [2.75, 3.05) is 18.6 Å². The maximum absolute atomic E-state index is 13.1. The number of likely N-dealkylation sites (tertiary alicyclic amines) is 1. The van der Waals surface area contributed by atoms with Gasteiger partial charge in [-0.25, -0.2) is 4.79 Å². The molecule has 3 atom stereocenters. The second-order valence-corrected chi connectivity index (χ2v) is 10.3. The maximum atomic E-state index is 13.1. The van der Waals surface area contributed by atoms with Crippen LogP contribution >= 0.6 is 11.8 Å². The summed E-state index contributed by atoms with van der Waals surface area (Å²) in [7, 11) is 1.77. The molecule has 2 heterocycles. The SMILES string of the molecule is CC(C)CC(C(=O)OCC(=O)/C(C#N)=C1/Sc2ccccc2N1C)N1C(=O)C2CC=CCC2C1=O. The number of hydrogen-bond donors (Lipinski definition) is 0. The number of imide groups is 1. The highest BCUT2D eigenvalue weighted by molar-refractivity contribution is 8.03. The molecule has 3 unspecified atom stereocenters. The lowest BCUT2D eigenvalue weighted by Crippen LogP contribution is -2.47. The lowest BCUT2D eigenvalue weighted by atomic mass is 9.85. The first-order valence-electron chi connectivity index (χ1n) is 11.6. The third kappa shape index (κ3) is 4.63. The quantitative estimate of drug-likeness (QED) is 0.187. The zero-order chi connectivity index (χ0) is 25.3. The summed E-state index contributed by atoms with van der Waals surface area (Å²) in [6.07, 6.45) is 4.95. The average molecular weight is 494 g/mol. The van der Waals surface area contributed by atoms with Crippen molar-refractivity contribution in [3.63, 3.8) is 0 Å². The number of esters is 1. The first-order valence-corrected chi connectivity index (χ1v) is 12.4. The van der Waals surface area contributed by atoms with Gasteiger partial charge in [0.15, 0.2) is 6.61 Å². The number of para-hydroxylation sites is 1. The Morgan fingerprint density at radius 1 is 1.14 bits per heavy atom. The van der Waals surface area contributed by atoms with E-state index in [1.165, 1.54) is 11.8 Å². The predicted octanol–water partition coefficient (Wildman–Crippen LogP) is 3.44. The molecule has 1 fully saturated rings. The highest BCUT2D eigenvalue weighted by Gasteiger charge is 2.51. The second-order valence-electron chi connectivity index (χ2n) is 9.30. The van der Waals surface area contributed by atoms with Gasteiger partial charge in [-0.1, -0.05) is 49.9 Å². The fourth-order valence-electron chi connectivity index (χ4n) is 4.74. The maximum Gasteiger partial charge on any atom is 0.329 e. The number of thioether (sulfide) groups is 1. The highest BCUT2D eigenvalue weighted by Crippen LogP contribution is 2.46. The van der Waals surface area contributed by atoms with Crippen molar-refractivity contribution >= 4 is 41.0 Å². The molecule has 0 saturated carbocycles. The molecular weight excluding hydrogens is 466 g/mol. The molecule has 0 bridgehead atoms. The molecule has 4 rings (SSSR count). The normalized spacial score (nSPS) is 23.2. The first kappa shape index (κ1) is 24.7. The number of benzene rings is 1. The number of Topliss-reactive ketones (excluding diaryl/α,β-unsaturated/α-hetero) is 1. The number of anilines is 1. The molecule has 1 saturated heterocycles. The van der Waals surface area contributed by atoms with Crippen LogP contribution in [0, 0.1) is 29.1 Å². The Morgan fingerprint density at radius 2 is 1.77 bits per heavy atom. The summed E-state index contributed by atoms with van der Waals surface area (Å²) >= 11 is 1.30. The highest BCUT2D eigenvalue weighted by atomic mass is 32.2. The molecular formula is C26H27N3O5S. The molecule has 8 nitrogen and oxygen atoms in total. The van der Waals surface area contributed by atoms with E-state index in [0.29, 0.717) is 17.9 Å². The van der Waals surface area contributed by atoms with Gasteiger partial charge in [-0.05, 0) is 37.3 Å². The van der Waals surface area contributed by atoms with Crippen LogP contribution in [0.1, 0.15) is 33.1 Å². The average Bonchev–Trinajstić information content (AvgIpc) is 3.30. The Labute approximate surface area is 208 Å². The largest absolute Gasteiger partial charge is 0.456 e. The molecule has 0 aromatic heterocycles. The number of allylic oxidation sites excluding steroid dienone is 2. The van der Waals surface area contributed by atoms with Crippen LogP contribution in [-0.4, -0.2) is 48.2 Å². The zero-order valence-electron chi connectivity index (χ0n) is 19.9. The molecule has 35 heavy (non-hydrogen) atoms. The lowest BCUT2D eigenvalue weighted by molar-refractivity contribution is -0.160. The number of ether oxygens (including phenoxy) is 1. The number of ketones is 1. The molecule has 0 radical (unpaired) electrons. The summed E-state index contributed by atoms with van der Waals surface area (Å²) in [5, 5.41) is 10.2. The number of amides is 2. The molecule has 2 amide bonds. The molecule has 1 aliphatic carbocycles. The van der Waals surface area contributed by atoms with E-state index in [1.54, 1.807) is 11.9 Å². The number of nitriles is 1. The van der Waals surface area contributed by atoms with Gasteiger partial charge in [0.1, 0.15) is 22.7 Å². The monoisotopic (exact) mass is 493 g/mol. The molecule has 1 aromatic carbocycles. The minimum Gasteiger partial charge on any atom is -0.456 e. The summed E-state index contributed by atoms with van der Waals surface area (Å²) in [6, 6.07) is 8.39. The summed E-state index contributed by atoms with van der Waals surface area (Å²) in [4.78, 5) is 55.8. The van der Waals surface area contributed by atoms with Crippen molar-refractivity contribution in [3.8, 4) is 6.07 Å². The van der Waals surface area contributed by atoms with Crippen LogP contribution in [0.5, 0.6) is 0 Å². The van der Waals surface area contributed by atoms with Crippen molar-refractivity contribution in [3.05, 3.63) is 47.0 Å². The zero-order valence-corrected chi connectivity index (χ0v) is 20.7.